The van der Waals surface area contributed by atoms with Crippen LogP contribution in [-0.2, 0) is 10.8 Å². The predicted molar refractivity (Wildman–Crippen MR) is 331 cm³/mol. The number of hydrogen-bond donors (Lipinski definition) is 0. The molecule has 15 rings (SSSR count). The summed E-state index contributed by atoms with van der Waals surface area (Å²) in [7, 11) is 0. The summed E-state index contributed by atoms with van der Waals surface area (Å²) < 4.78 is 4.80. The molecule has 0 saturated heterocycles. The maximum Gasteiger partial charge on any atom is 0.0541 e. The normalized spacial score (nSPS) is 13.9. The number of fused-ring (bicyclic) bond motifs is 12. The van der Waals surface area contributed by atoms with Crippen molar-refractivity contribution in [3.8, 4) is 67.0 Å². The molecule has 2 aliphatic carbocycles. The molecule has 0 N–H and O–H groups in total. The van der Waals surface area contributed by atoms with E-state index in [-0.39, 0.29) is 10.8 Å². The summed E-state index contributed by atoms with van der Waals surface area (Å²) in [6.45, 7) is 14.0. The average Bonchev–Trinajstić information content (AvgIpc) is 4.33. The molecule has 0 atom stereocenters. The van der Waals surface area contributed by atoms with Crippen molar-refractivity contribution in [3.63, 3.8) is 0 Å². The molecule has 0 radical (unpaired) electrons. The van der Waals surface area contributed by atoms with Crippen LogP contribution in [0, 0.1) is 13.8 Å². The molecule has 2 heterocycles. The van der Waals surface area contributed by atoms with Crippen molar-refractivity contribution in [1.29, 1.82) is 0 Å². The Hall–Kier alpha value is -9.24. The second-order valence-corrected chi connectivity index (χ2v) is 23.1. The number of aromatic nitrogens is 2. The van der Waals surface area contributed by atoms with Crippen molar-refractivity contribution in [2.45, 2.75) is 52.4 Å². The van der Waals surface area contributed by atoms with Crippen LogP contribution >= 0.6 is 0 Å². The van der Waals surface area contributed by atoms with Gasteiger partial charge < -0.3 is 9.13 Å². The smallest absolute Gasteiger partial charge is 0.0541 e. The lowest BCUT2D eigenvalue weighted by Gasteiger charge is -2.24. The molecule has 372 valence electrons. The molecule has 0 aliphatic heterocycles. The lowest BCUT2D eigenvalue weighted by molar-refractivity contribution is 0.660. The van der Waals surface area contributed by atoms with Crippen LogP contribution in [0.1, 0.15) is 72.2 Å². The summed E-state index contributed by atoms with van der Waals surface area (Å²) in [5.41, 5.74) is 30.3. The molecule has 0 bridgehead atoms. The molecule has 0 amide bonds. The molecule has 2 aliphatic rings. The van der Waals surface area contributed by atoms with Crippen LogP contribution in [0.15, 0.2) is 231 Å². The Balaban J connectivity index is 0.688. The van der Waals surface area contributed by atoms with E-state index in [2.05, 4.69) is 293 Å². The van der Waals surface area contributed by atoms with Crippen molar-refractivity contribution in [2.24, 2.45) is 0 Å². The summed E-state index contributed by atoms with van der Waals surface area (Å²) in [4.78, 5) is 0. The molecular weight excluding hydrogens is 941 g/mol. The quantitative estimate of drug-likeness (QED) is 0.141. The minimum atomic E-state index is -0.168. The van der Waals surface area contributed by atoms with Gasteiger partial charge in [0.25, 0.3) is 0 Å². The lowest BCUT2D eigenvalue weighted by atomic mass is 9.79. The molecule has 0 unspecified atom stereocenters. The highest BCUT2D eigenvalue weighted by Crippen LogP contribution is 2.53. The van der Waals surface area contributed by atoms with Gasteiger partial charge in [-0.1, -0.05) is 185 Å². The Morgan fingerprint density at radius 2 is 0.654 bits per heavy atom. The lowest BCUT2D eigenvalue weighted by Crippen LogP contribution is -2.15. The highest BCUT2D eigenvalue weighted by molar-refractivity contribution is 6.11. The summed E-state index contributed by atoms with van der Waals surface area (Å²) in [6, 6.07) is 86.6. The monoisotopic (exact) mass is 998 g/mol. The summed E-state index contributed by atoms with van der Waals surface area (Å²) in [6.07, 6.45) is 4.47. The predicted octanol–water partition coefficient (Wildman–Crippen LogP) is 20.3. The highest BCUT2D eigenvalue weighted by atomic mass is 15.0. The van der Waals surface area contributed by atoms with Crippen LogP contribution in [0.25, 0.3) is 123 Å². The Kier molecular flexibility index (Phi) is 10.1. The van der Waals surface area contributed by atoms with E-state index < -0.39 is 0 Å². The number of nitrogens with zero attached hydrogens (tertiary/aromatic N) is 2. The molecule has 78 heavy (non-hydrogen) atoms. The van der Waals surface area contributed by atoms with Crippen LogP contribution < -0.4 is 0 Å². The van der Waals surface area contributed by atoms with Crippen LogP contribution in [0.2, 0.25) is 0 Å². The zero-order chi connectivity index (χ0) is 52.6. The number of benzene rings is 11. The largest absolute Gasteiger partial charge is 0.309 e. The molecular formula is C76H58N2. The van der Waals surface area contributed by atoms with E-state index in [1.54, 1.807) is 0 Å². The Morgan fingerprint density at radius 1 is 0.282 bits per heavy atom. The van der Waals surface area contributed by atoms with E-state index in [0.29, 0.717) is 0 Å². The first-order chi connectivity index (χ1) is 38.0. The number of hydrogen-bond acceptors (Lipinski definition) is 0. The van der Waals surface area contributed by atoms with Gasteiger partial charge in [-0.3, -0.25) is 0 Å². The van der Waals surface area contributed by atoms with E-state index in [9.17, 15) is 0 Å². The van der Waals surface area contributed by atoms with Crippen molar-refractivity contribution in [1.82, 2.24) is 9.13 Å². The zero-order valence-electron chi connectivity index (χ0n) is 45.0. The van der Waals surface area contributed by atoms with Gasteiger partial charge in [0.15, 0.2) is 0 Å². The van der Waals surface area contributed by atoms with Crippen LogP contribution in [-0.4, -0.2) is 9.13 Å². The van der Waals surface area contributed by atoms with Crippen molar-refractivity contribution in [3.05, 3.63) is 275 Å². The topological polar surface area (TPSA) is 9.86 Å². The van der Waals surface area contributed by atoms with Gasteiger partial charge in [-0.2, -0.15) is 0 Å². The Labute approximate surface area is 456 Å². The van der Waals surface area contributed by atoms with Crippen LogP contribution in [0.4, 0.5) is 0 Å². The van der Waals surface area contributed by atoms with E-state index >= 15 is 0 Å². The van der Waals surface area contributed by atoms with Gasteiger partial charge in [-0.05, 0) is 199 Å². The number of para-hydroxylation sites is 3. The van der Waals surface area contributed by atoms with Gasteiger partial charge in [-0.15, -0.1) is 0 Å². The van der Waals surface area contributed by atoms with Gasteiger partial charge in [0.05, 0.1) is 22.1 Å². The van der Waals surface area contributed by atoms with E-state index in [1.165, 1.54) is 155 Å². The zero-order valence-corrected chi connectivity index (χ0v) is 45.0. The Morgan fingerprint density at radius 3 is 1.18 bits per heavy atom. The summed E-state index contributed by atoms with van der Waals surface area (Å²) in [5.74, 6) is 0. The standard InChI is InChI=1S/C76H58N2/c1-47-38-48(2)40-58(39-47)78-72-19-13-11-17-64(72)66-42-52(31-37-74(66)78)54-28-33-60-62-35-30-56(46-70(62)76(5,6)68(60)44-54)55-29-34-61-59-32-27-53(43-67(59)75(3,4)69(61)45-55)51-25-22-49(23-26-51)20-21-50-24-36-73-65(41-50)63-16-10-12-18-71(63)77(73)57-14-8-7-9-15-57/h7-46H,1-6H3/b21-20+. The Bertz CT molecular complexity index is 4650. The first-order valence-corrected chi connectivity index (χ1v) is 27.5. The third-order valence-corrected chi connectivity index (χ3v) is 17.6. The fourth-order valence-corrected chi connectivity index (χ4v) is 13.6. The maximum absolute atomic E-state index is 2.47. The molecule has 2 aromatic heterocycles. The van der Waals surface area contributed by atoms with E-state index in [0.717, 1.165) is 0 Å². The van der Waals surface area contributed by atoms with Gasteiger partial charge in [0.2, 0.25) is 0 Å². The average molecular weight is 999 g/mol. The maximum atomic E-state index is 2.47. The second kappa shape index (κ2) is 17.1. The molecule has 13 aromatic rings. The molecule has 0 saturated carbocycles. The molecule has 2 heteroatoms. The van der Waals surface area contributed by atoms with Gasteiger partial charge in [0, 0.05) is 43.7 Å². The summed E-state index contributed by atoms with van der Waals surface area (Å²) >= 11 is 0. The number of aryl methyl sites for hydroxylation is 2. The van der Waals surface area contributed by atoms with Crippen molar-refractivity contribution < 1.29 is 0 Å². The fourth-order valence-electron chi connectivity index (χ4n) is 13.6. The summed E-state index contributed by atoms with van der Waals surface area (Å²) in [5, 5.41) is 5.08. The second-order valence-electron chi connectivity index (χ2n) is 23.1. The van der Waals surface area contributed by atoms with Gasteiger partial charge in [-0.25, -0.2) is 0 Å². The molecule has 0 fully saturated rings. The van der Waals surface area contributed by atoms with Crippen molar-refractivity contribution >= 4 is 55.8 Å². The highest BCUT2D eigenvalue weighted by Gasteiger charge is 2.38. The van der Waals surface area contributed by atoms with E-state index in [4.69, 9.17) is 0 Å². The van der Waals surface area contributed by atoms with Gasteiger partial charge in [0.1, 0.15) is 0 Å². The molecule has 11 aromatic carbocycles. The first kappa shape index (κ1) is 46.1. The molecule has 0 spiro atoms. The van der Waals surface area contributed by atoms with E-state index in [1.807, 2.05) is 0 Å². The fraction of sp³-hybridized carbons (Fsp3) is 0.105. The SMILES string of the molecule is Cc1cc(C)cc(-n2c3ccccc3c3cc(-c4ccc5c(c4)C(C)(C)c4cc(-c6ccc7c(c6)C(C)(C)c6cc(-c8ccc(/C=C/c9ccc%10c(c9)c9ccccc9n%10-c9ccccc9)cc8)ccc6-7)ccc4-5)ccc32)c1. The minimum Gasteiger partial charge on any atom is -0.309 e. The number of rotatable bonds is 7. The third kappa shape index (κ3) is 7.09. The van der Waals surface area contributed by atoms with Crippen LogP contribution in [0.5, 0.6) is 0 Å². The van der Waals surface area contributed by atoms with Crippen LogP contribution in [0.3, 0.4) is 0 Å². The van der Waals surface area contributed by atoms with Gasteiger partial charge >= 0.3 is 0 Å². The third-order valence-electron chi connectivity index (χ3n) is 17.6. The first-order valence-electron chi connectivity index (χ1n) is 27.5. The molecule has 2 nitrogen and oxygen atoms in total. The van der Waals surface area contributed by atoms with Crippen molar-refractivity contribution in [2.75, 3.05) is 0 Å². The minimum absolute atomic E-state index is 0.159.